The number of carbonyl (C=O) groups is 1. The molecule has 0 aliphatic carbocycles. The van der Waals surface area contributed by atoms with Crippen LogP contribution in [0.15, 0.2) is 12.1 Å². The van der Waals surface area contributed by atoms with E-state index in [1.807, 2.05) is 0 Å². The van der Waals surface area contributed by atoms with E-state index < -0.39 is 11.8 Å². The summed E-state index contributed by atoms with van der Waals surface area (Å²) in [5.74, 6) is -1.19. The minimum Gasteiger partial charge on any atom is -0.493 e. The second kappa shape index (κ2) is 6.02. The van der Waals surface area contributed by atoms with Crippen LogP contribution >= 0.6 is 0 Å². The molecule has 1 saturated heterocycles. The maximum Gasteiger partial charge on any atom is 0.341 e. The summed E-state index contributed by atoms with van der Waals surface area (Å²) in [4.78, 5) is 11.7. The molecule has 0 aromatic heterocycles. The summed E-state index contributed by atoms with van der Waals surface area (Å²) in [7, 11) is 2.61. The molecular formula is C14H18FNO3. The molecule has 1 atom stereocenters. The van der Waals surface area contributed by atoms with Gasteiger partial charge in [0.2, 0.25) is 0 Å². The monoisotopic (exact) mass is 267 g/mol. The third kappa shape index (κ3) is 2.87. The Balaban J connectivity index is 2.40. The lowest BCUT2D eigenvalue weighted by Gasteiger charge is -2.24. The zero-order valence-electron chi connectivity index (χ0n) is 11.2. The minimum absolute atomic E-state index is 0.0635. The minimum atomic E-state index is -0.589. The highest BCUT2D eigenvalue weighted by Gasteiger charge is 2.22. The zero-order valence-corrected chi connectivity index (χ0v) is 11.2. The van der Waals surface area contributed by atoms with Crippen molar-refractivity contribution >= 4 is 5.97 Å². The normalized spacial score (nSPS) is 19.0. The number of piperidine rings is 1. The van der Waals surface area contributed by atoms with Crippen molar-refractivity contribution in [1.29, 1.82) is 0 Å². The van der Waals surface area contributed by atoms with E-state index in [0.717, 1.165) is 31.4 Å². The lowest BCUT2D eigenvalue weighted by Crippen LogP contribution is -2.27. The summed E-state index contributed by atoms with van der Waals surface area (Å²) in [6.07, 6.45) is 3.16. The summed E-state index contributed by atoms with van der Waals surface area (Å²) in [6, 6.07) is 3.16. The van der Waals surface area contributed by atoms with Crippen LogP contribution in [0.2, 0.25) is 0 Å². The number of nitrogens with one attached hydrogen (secondary N) is 1. The van der Waals surface area contributed by atoms with Gasteiger partial charge in [-0.15, -0.1) is 0 Å². The van der Waals surface area contributed by atoms with Gasteiger partial charge in [0.25, 0.3) is 0 Å². The van der Waals surface area contributed by atoms with Gasteiger partial charge in [0.1, 0.15) is 5.56 Å². The predicted molar refractivity (Wildman–Crippen MR) is 68.9 cm³/mol. The Labute approximate surface area is 111 Å². The van der Waals surface area contributed by atoms with Crippen LogP contribution in [-0.2, 0) is 4.74 Å². The second-order valence-electron chi connectivity index (χ2n) is 4.58. The van der Waals surface area contributed by atoms with Crippen molar-refractivity contribution in [2.75, 3.05) is 20.8 Å². The Morgan fingerprint density at radius 3 is 2.74 bits per heavy atom. The van der Waals surface area contributed by atoms with E-state index in [1.54, 1.807) is 6.07 Å². The van der Waals surface area contributed by atoms with Crippen LogP contribution in [0.4, 0.5) is 4.39 Å². The van der Waals surface area contributed by atoms with Gasteiger partial charge in [0.05, 0.1) is 14.2 Å². The van der Waals surface area contributed by atoms with Crippen LogP contribution < -0.4 is 10.1 Å². The topological polar surface area (TPSA) is 47.6 Å². The van der Waals surface area contributed by atoms with Gasteiger partial charge < -0.3 is 14.8 Å². The first-order valence-electron chi connectivity index (χ1n) is 6.36. The van der Waals surface area contributed by atoms with Crippen molar-refractivity contribution in [3.63, 3.8) is 0 Å². The lowest BCUT2D eigenvalue weighted by molar-refractivity contribution is 0.0596. The first-order valence-corrected chi connectivity index (χ1v) is 6.36. The van der Waals surface area contributed by atoms with Crippen LogP contribution in [0.1, 0.15) is 41.2 Å². The molecule has 0 amide bonds. The van der Waals surface area contributed by atoms with Gasteiger partial charge in [-0.25, -0.2) is 9.18 Å². The number of methoxy groups -OCH3 is 2. The molecule has 0 spiro atoms. The molecule has 1 aromatic carbocycles. The fourth-order valence-electron chi connectivity index (χ4n) is 2.42. The Morgan fingerprint density at radius 2 is 2.16 bits per heavy atom. The van der Waals surface area contributed by atoms with E-state index in [2.05, 4.69) is 10.1 Å². The first-order chi connectivity index (χ1) is 9.17. The van der Waals surface area contributed by atoms with Crippen LogP contribution in [0, 0.1) is 5.82 Å². The van der Waals surface area contributed by atoms with E-state index in [-0.39, 0.29) is 17.4 Å². The molecule has 1 fully saturated rings. The average Bonchev–Trinajstić information content (AvgIpc) is 2.46. The second-order valence-corrected chi connectivity index (χ2v) is 4.58. The van der Waals surface area contributed by atoms with Crippen molar-refractivity contribution in [2.45, 2.75) is 25.3 Å². The van der Waals surface area contributed by atoms with E-state index >= 15 is 0 Å². The number of carbonyl (C=O) groups excluding carboxylic acids is 1. The SMILES string of the molecule is COC(=O)c1cc(C2CCCCN2)cc(F)c1OC. The molecule has 2 rings (SSSR count). The number of benzene rings is 1. The summed E-state index contributed by atoms with van der Waals surface area (Å²) in [5, 5.41) is 3.32. The van der Waals surface area contributed by atoms with Crippen molar-refractivity contribution in [3.8, 4) is 5.75 Å². The molecule has 0 bridgehead atoms. The molecule has 0 saturated carbocycles. The fourth-order valence-corrected chi connectivity index (χ4v) is 2.42. The number of rotatable bonds is 3. The molecule has 0 radical (unpaired) electrons. The highest BCUT2D eigenvalue weighted by atomic mass is 19.1. The maximum absolute atomic E-state index is 14.0. The molecule has 104 valence electrons. The van der Waals surface area contributed by atoms with Gasteiger partial charge in [-0.1, -0.05) is 6.42 Å². The summed E-state index contributed by atoms with van der Waals surface area (Å²) in [5.41, 5.74) is 0.894. The van der Waals surface area contributed by atoms with Crippen LogP contribution in [0.5, 0.6) is 5.75 Å². The largest absolute Gasteiger partial charge is 0.493 e. The van der Waals surface area contributed by atoms with Gasteiger partial charge in [0.15, 0.2) is 11.6 Å². The molecule has 19 heavy (non-hydrogen) atoms. The van der Waals surface area contributed by atoms with Gasteiger partial charge >= 0.3 is 5.97 Å². The van der Waals surface area contributed by atoms with Crippen LogP contribution in [0.25, 0.3) is 0 Å². The quantitative estimate of drug-likeness (QED) is 0.854. The van der Waals surface area contributed by atoms with E-state index in [1.165, 1.54) is 20.3 Å². The van der Waals surface area contributed by atoms with Gasteiger partial charge in [0, 0.05) is 6.04 Å². The van der Waals surface area contributed by atoms with Crippen molar-refractivity contribution < 1.29 is 18.7 Å². The van der Waals surface area contributed by atoms with E-state index in [9.17, 15) is 9.18 Å². The summed E-state index contributed by atoms with van der Waals surface area (Å²) >= 11 is 0. The highest BCUT2D eigenvalue weighted by molar-refractivity contribution is 5.92. The molecule has 1 unspecified atom stereocenters. The lowest BCUT2D eigenvalue weighted by atomic mass is 9.95. The number of hydrogen-bond donors (Lipinski definition) is 1. The van der Waals surface area contributed by atoms with Gasteiger partial charge in [-0.05, 0) is 37.1 Å². The summed E-state index contributed by atoms with van der Waals surface area (Å²) in [6.45, 7) is 0.909. The molecule has 4 nitrogen and oxygen atoms in total. The predicted octanol–water partition coefficient (Wildman–Crippen LogP) is 2.44. The molecule has 1 N–H and O–H groups in total. The van der Waals surface area contributed by atoms with Crippen LogP contribution in [0.3, 0.4) is 0 Å². The third-order valence-electron chi connectivity index (χ3n) is 3.39. The van der Waals surface area contributed by atoms with Crippen molar-refractivity contribution in [2.24, 2.45) is 0 Å². The fraction of sp³-hybridized carbons (Fsp3) is 0.500. The van der Waals surface area contributed by atoms with Crippen molar-refractivity contribution in [3.05, 3.63) is 29.1 Å². The maximum atomic E-state index is 14.0. The van der Waals surface area contributed by atoms with E-state index in [0.29, 0.717) is 0 Å². The number of ether oxygens (including phenoxy) is 2. The average molecular weight is 267 g/mol. The number of hydrogen-bond acceptors (Lipinski definition) is 4. The molecule has 1 aromatic rings. The van der Waals surface area contributed by atoms with Gasteiger partial charge in [-0.3, -0.25) is 0 Å². The molecule has 5 heteroatoms. The third-order valence-corrected chi connectivity index (χ3v) is 3.39. The Kier molecular flexibility index (Phi) is 4.37. The van der Waals surface area contributed by atoms with Crippen molar-refractivity contribution in [1.82, 2.24) is 5.32 Å². The molecule has 1 heterocycles. The number of esters is 1. The smallest absolute Gasteiger partial charge is 0.341 e. The van der Waals surface area contributed by atoms with Crippen LogP contribution in [-0.4, -0.2) is 26.7 Å². The molecule has 1 aliphatic heterocycles. The summed E-state index contributed by atoms with van der Waals surface area (Å²) < 4.78 is 23.6. The molecular weight excluding hydrogens is 249 g/mol. The Morgan fingerprint density at radius 1 is 1.37 bits per heavy atom. The van der Waals surface area contributed by atoms with E-state index in [4.69, 9.17) is 4.74 Å². The zero-order chi connectivity index (χ0) is 13.8. The number of halogens is 1. The Bertz CT molecular complexity index is 470. The first kappa shape index (κ1) is 13.8. The van der Waals surface area contributed by atoms with Gasteiger partial charge in [-0.2, -0.15) is 0 Å². The molecule has 1 aliphatic rings. The Hall–Kier alpha value is -1.62. The standard InChI is InChI=1S/C14H18FNO3/c1-18-13-10(14(17)19-2)7-9(8-11(13)15)12-5-3-4-6-16-12/h7-8,12,16H,3-6H2,1-2H3. The highest BCUT2D eigenvalue weighted by Crippen LogP contribution is 2.30.